The molecule has 3 N–H and O–H groups in total. The van der Waals surface area contributed by atoms with Crippen LogP contribution in [-0.4, -0.2) is 45.4 Å². The van der Waals surface area contributed by atoms with Crippen molar-refractivity contribution in [3.63, 3.8) is 0 Å². The van der Waals surface area contributed by atoms with E-state index in [9.17, 15) is 0 Å². The number of hydrogen-bond donors (Lipinski definition) is 2. The Bertz CT molecular complexity index is 316. The largest absolute Gasteiger partial charge is 0.394 e. The maximum atomic E-state index is 8.53. The smallest absolute Gasteiger partial charge is 0.222 e. The fourth-order valence-corrected chi connectivity index (χ4v) is 2.16. The van der Waals surface area contributed by atoms with Crippen LogP contribution in [0.3, 0.4) is 0 Å². The van der Waals surface area contributed by atoms with Gasteiger partial charge in [-0.2, -0.15) is 0 Å². The zero-order valence-corrected chi connectivity index (χ0v) is 10.4. The predicted molar refractivity (Wildman–Crippen MR) is 63.4 cm³/mol. The average molecular weight is 246 g/mol. The molecule has 0 saturated carbocycles. The molecule has 1 heterocycles. The molecule has 0 bridgehead atoms. The zero-order valence-electron chi connectivity index (χ0n) is 9.59. The van der Waals surface area contributed by atoms with Gasteiger partial charge >= 0.3 is 0 Å². The second-order valence-corrected chi connectivity index (χ2v) is 4.55. The van der Waals surface area contributed by atoms with E-state index in [4.69, 9.17) is 15.6 Å². The Balaban J connectivity index is 2.41. The van der Waals surface area contributed by atoms with E-state index in [1.807, 2.05) is 18.4 Å². The summed E-state index contributed by atoms with van der Waals surface area (Å²) in [5, 5.41) is 17.2. The number of aliphatic hydroxyl groups excluding tert-OH is 1. The van der Waals surface area contributed by atoms with E-state index in [-0.39, 0.29) is 12.6 Å². The van der Waals surface area contributed by atoms with Crippen molar-refractivity contribution in [3.8, 4) is 0 Å². The average Bonchev–Trinajstić information content (AvgIpc) is 2.59. The Labute approximate surface area is 99.2 Å². The van der Waals surface area contributed by atoms with Crippen LogP contribution >= 0.6 is 11.8 Å². The van der Waals surface area contributed by atoms with Crippen molar-refractivity contribution in [3.05, 3.63) is 0 Å². The Morgan fingerprint density at radius 1 is 1.44 bits per heavy atom. The van der Waals surface area contributed by atoms with E-state index < -0.39 is 0 Å². The first kappa shape index (κ1) is 13.3. The van der Waals surface area contributed by atoms with E-state index in [2.05, 4.69) is 10.2 Å². The minimum absolute atomic E-state index is 0.0553. The second kappa shape index (κ2) is 6.72. The molecule has 6 nitrogen and oxygen atoms in total. The molecule has 0 amide bonds. The van der Waals surface area contributed by atoms with Crippen LogP contribution in [-0.2, 0) is 4.74 Å². The van der Waals surface area contributed by atoms with Crippen molar-refractivity contribution in [2.45, 2.75) is 25.0 Å². The summed E-state index contributed by atoms with van der Waals surface area (Å²) in [7, 11) is 0. The lowest BCUT2D eigenvalue weighted by Crippen LogP contribution is -2.08. The molecular weight excluding hydrogens is 228 g/mol. The van der Waals surface area contributed by atoms with Gasteiger partial charge in [-0.25, -0.2) is 0 Å². The highest BCUT2D eigenvalue weighted by molar-refractivity contribution is 7.99. The molecule has 0 spiro atoms. The van der Waals surface area contributed by atoms with Crippen molar-refractivity contribution >= 4 is 17.7 Å². The van der Waals surface area contributed by atoms with Gasteiger partial charge in [0.1, 0.15) is 0 Å². The first-order valence-electron chi connectivity index (χ1n) is 5.18. The molecule has 0 radical (unpaired) electrons. The molecular formula is C9H18N4O2S. The van der Waals surface area contributed by atoms with Gasteiger partial charge in [-0.3, -0.25) is 4.57 Å². The number of nitrogens with two attached hydrogens (primary N) is 1. The van der Waals surface area contributed by atoms with E-state index >= 15 is 0 Å². The van der Waals surface area contributed by atoms with Crippen LogP contribution in [0.4, 0.5) is 5.95 Å². The lowest BCUT2D eigenvalue weighted by Gasteiger charge is -2.11. The SMILES string of the molecule is CC(C)n1c(N)nnc1SCCOCCO. The van der Waals surface area contributed by atoms with Gasteiger partial charge in [0.15, 0.2) is 5.16 Å². The fraction of sp³-hybridized carbons (Fsp3) is 0.778. The Morgan fingerprint density at radius 2 is 2.19 bits per heavy atom. The van der Waals surface area contributed by atoms with Crippen molar-refractivity contribution in [2.24, 2.45) is 0 Å². The molecule has 0 atom stereocenters. The third kappa shape index (κ3) is 3.66. The number of ether oxygens (including phenoxy) is 1. The number of nitrogen functional groups attached to an aromatic ring is 1. The first-order valence-corrected chi connectivity index (χ1v) is 6.17. The van der Waals surface area contributed by atoms with Crippen LogP contribution in [0, 0.1) is 0 Å². The minimum Gasteiger partial charge on any atom is -0.394 e. The van der Waals surface area contributed by atoms with Gasteiger partial charge in [0.05, 0.1) is 19.8 Å². The van der Waals surface area contributed by atoms with E-state index in [0.717, 1.165) is 10.9 Å². The van der Waals surface area contributed by atoms with Crippen LogP contribution in [0.25, 0.3) is 0 Å². The van der Waals surface area contributed by atoms with Gasteiger partial charge < -0.3 is 15.6 Å². The summed E-state index contributed by atoms with van der Waals surface area (Å²) in [4.78, 5) is 0. The molecule has 0 aliphatic carbocycles. The van der Waals surface area contributed by atoms with Gasteiger partial charge in [0.25, 0.3) is 0 Å². The minimum atomic E-state index is 0.0553. The maximum Gasteiger partial charge on any atom is 0.222 e. The van der Waals surface area contributed by atoms with Crippen molar-refractivity contribution in [2.75, 3.05) is 31.3 Å². The Hall–Kier alpha value is -0.790. The monoisotopic (exact) mass is 246 g/mol. The number of nitrogens with zero attached hydrogens (tertiary/aromatic N) is 3. The molecule has 92 valence electrons. The highest BCUT2D eigenvalue weighted by Gasteiger charge is 2.12. The number of rotatable bonds is 7. The molecule has 1 rings (SSSR count). The molecule has 0 saturated heterocycles. The fourth-order valence-electron chi connectivity index (χ4n) is 1.23. The highest BCUT2D eigenvalue weighted by atomic mass is 32.2. The van der Waals surface area contributed by atoms with Crippen molar-refractivity contribution in [1.29, 1.82) is 0 Å². The lowest BCUT2D eigenvalue weighted by atomic mass is 10.4. The number of aliphatic hydroxyl groups is 1. The number of hydrogen-bond acceptors (Lipinski definition) is 6. The van der Waals surface area contributed by atoms with E-state index in [1.165, 1.54) is 0 Å². The number of anilines is 1. The van der Waals surface area contributed by atoms with E-state index in [1.54, 1.807) is 11.8 Å². The van der Waals surface area contributed by atoms with Crippen LogP contribution < -0.4 is 5.73 Å². The molecule has 0 aromatic carbocycles. The van der Waals surface area contributed by atoms with Crippen LogP contribution in [0.15, 0.2) is 5.16 Å². The molecule has 0 aliphatic rings. The summed E-state index contributed by atoms with van der Waals surface area (Å²) in [6.45, 7) is 5.08. The van der Waals surface area contributed by atoms with Crippen LogP contribution in [0.2, 0.25) is 0 Å². The predicted octanol–water partition coefficient (Wildman–Crippen LogP) is 0.542. The molecule has 1 aromatic heterocycles. The van der Waals surface area contributed by atoms with Crippen molar-refractivity contribution < 1.29 is 9.84 Å². The lowest BCUT2D eigenvalue weighted by molar-refractivity contribution is 0.103. The van der Waals surface area contributed by atoms with Crippen molar-refractivity contribution in [1.82, 2.24) is 14.8 Å². The molecule has 16 heavy (non-hydrogen) atoms. The van der Waals surface area contributed by atoms with E-state index in [0.29, 0.717) is 19.2 Å². The Kier molecular flexibility index (Phi) is 5.58. The maximum absolute atomic E-state index is 8.53. The number of aromatic nitrogens is 3. The standard InChI is InChI=1S/C9H18N4O2S/c1-7(2)13-8(10)11-12-9(13)16-6-5-15-4-3-14/h7,14H,3-6H2,1-2H3,(H2,10,11). The van der Waals surface area contributed by atoms with Gasteiger partial charge in [0, 0.05) is 11.8 Å². The second-order valence-electron chi connectivity index (χ2n) is 3.49. The molecule has 7 heteroatoms. The third-order valence-electron chi connectivity index (χ3n) is 1.90. The van der Waals surface area contributed by atoms with Gasteiger partial charge in [-0.15, -0.1) is 10.2 Å². The highest BCUT2D eigenvalue weighted by Crippen LogP contribution is 2.22. The Morgan fingerprint density at radius 3 is 2.81 bits per heavy atom. The van der Waals surface area contributed by atoms with Gasteiger partial charge in [-0.1, -0.05) is 11.8 Å². The van der Waals surface area contributed by atoms with Gasteiger partial charge in [0.2, 0.25) is 5.95 Å². The first-order chi connectivity index (χ1) is 7.66. The summed E-state index contributed by atoms with van der Waals surface area (Å²) < 4.78 is 7.04. The molecule has 0 fully saturated rings. The zero-order chi connectivity index (χ0) is 12.0. The summed E-state index contributed by atoms with van der Waals surface area (Å²) in [6.07, 6.45) is 0. The summed E-state index contributed by atoms with van der Waals surface area (Å²) in [6, 6.07) is 0.246. The third-order valence-corrected chi connectivity index (χ3v) is 2.81. The molecule has 0 aliphatic heterocycles. The quantitative estimate of drug-likeness (QED) is 0.539. The number of thioether (sulfide) groups is 1. The molecule has 0 unspecified atom stereocenters. The topological polar surface area (TPSA) is 86.2 Å². The van der Waals surface area contributed by atoms with Crippen LogP contribution in [0.5, 0.6) is 0 Å². The molecule has 1 aromatic rings. The summed E-state index contributed by atoms with van der Waals surface area (Å²) >= 11 is 1.55. The van der Waals surface area contributed by atoms with Gasteiger partial charge in [-0.05, 0) is 13.8 Å². The summed E-state index contributed by atoms with van der Waals surface area (Å²) in [5.41, 5.74) is 5.71. The summed E-state index contributed by atoms with van der Waals surface area (Å²) in [5.74, 6) is 1.21. The van der Waals surface area contributed by atoms with Crippen LogP contribution in [0.1, 0.15) is 19.9 Å². The normalized spacial score (nSPS) is 11.2.